The maximum Gasteiger partial charge on any atom is 0.331 e. The fraction of sp³-hybridized carbons (Fsp3) is 0.182. The summed E-state index contributed by atoms with van der Waals surface area (Å²) in [5.74, 6) is -1.69. The van der Waals surface area contributed by atoms with Crippen LogP contribution >= 0.6 is 0 Å². The van der Waals surface area contributed by atoms with Crippen LogP contribution in [-0.4, -0.2) is 13.1 Å². The molecule has 1 aromatic rings. The lowest BCUT2D eigenvalue weighted by Crippen LogP contribution is -1.98. The van der Waals surface area contributed by atoms with Gasteiger partial charge in [0.1, 0.15) is 11.6 Å². The molecule has 86 valence electrons. The van der Waals surface area contributed by atoms with Crippen molar-refractivity contribution in [2.24, 2.45) is 0 Å². The molecule has 0 aliphatic carbocycles. The minimum Gasteiger partial charge on any atom is -0.466 e. The van der Waals surface area contributed by atoms with Crippen LogP contribution in [0.3, 0.4) is 0 Å². The lowest BCUT2D eigenvalue weighted by Gasteiger charge is -2.04. The average molecular weight is 227 g/mol. The van der Waals surface area contributed by atoms with Crippen LogP contribution in [0, 0.1) is 18.6 Å². The van der Waals surface area contributed by atoms with Crippen LogP contribution in [0.2, 0.25) is 0 Å². The predicted octanol–water partition coefficient (Wildman–Crippen LogP) is 2.37. The van der Waals surface area contributed by atoms with Crippen molar-refractivity contribution in [2.75, 3.05) is 12.4 Å². The first-order chi connectivity index (χ1) is 7.54. The highest BCUT2D eigenvalue weighted by atomic mass is 19.1. The Morgan fingerprint density at radius 3 is 2.69 bits per heavy atom. The number of rotatable bonds is 3. The number of nitrogens with one attached hydrogen (secondary N) is 1. The van der Waals surface area contributed by atoms with Crippen molar-refractivity contribution in [1.82, 2.24) is 0 Å². The third kappa shape index (κ3) is 3.05. The Morgan fingerprint density at radius 2 is 2.06 bits per heavy atom. The molecule has 0 spiro atoms. The molecule has 0 saturated heterocycles. The summed E-state index contributed by atoms with van der Waals surface area (Å²) in [5.41, 5.74) is 0.184. The number of aryl methyl sites for hydroxylation is 1. The lowest BCUT2D eigenvalue weighted by atomic mass is 10.2. The van der Waals surface area contributed by atoms with E-state index in [0.717, 1.165) is 18.2 Å². The predicted molar refractivity (Wildman–Crippen MR) is 55.9 cm³/mol. The minimum atomic E-state index is -0.589. The molecule has 0 saturated carbocycles. The van der Waals surface area contributed by atoms with Crippen LogP contribution in [0.15, 0.2) is 24.4 Å². The maximum absolute atomic E-state index is 13.3. The van der Waals surface area contributed by atoms with E-state index in [1.165, 1.54) is 20.2 Å². The summed E-state index contributed by atoms with van der Waals surface area (Å²) in [6.07, 6.45) is 2.25. The van der Waals surface area contributed by atoms with E-state index in [0.29, 0.717) is 0 Å². The Kier molecular flexibility index (Phi) is 3.99. The van der Waals surface area contributed by atoms with E-state index >= 15 is 0 Å². The van der Waals surface area contributed by atoms with Crippen LogP contribution in [0.1, 0.15) is 5.56 Å². The molecule has 1 aromatic carbocycles. The number of anilines is 1. The number of carbonyl (C=O) groups excluding carboxylic acids is 1. The van der Waals surface area contributed by atoms with Gasteiger partial charge >= 0.3 is 5.97 Å². The normalized spacial score (nSPS) is 10.5. The van der Waals surface area contributed by atoms with E-state index in [1.807, 2.05) is 0 Å². The molecule has 0 amide bonds. The molecule has 0 aliphatic heterocycles. The zero-order valence-corrected chi connectivity index (χ0v) is 8.88. The molecular formula is C11H11F2NO2. The van der Waals surface area contributed by atoms with Gasteiger partial charge in [-0.05, 0) is 18.6 Å². The fourth-order valence-corrected chi connectivity index (χ4v) is 1.02. The number of carbonyl (C=O) groups is 1. The third-order valence-corrected chi connectivity index (χ3v) is 1.91. The smallest absolute Gasteiger partial charge is 0.331 e. The monoisotopic (exact) mass is 227 g/mol. The van der Waals surface area contributed by atoms with E-state index in [-0.39, 0.29) is 11.3 Å². The summed E-state index contributed by atoms with van der Waals surface area (Å²) < 4.78 is 30.7. The van der Waals surface area contributed by atoms with Gasteiger partial charge in [-0.3, -0.25) is 0 Å². The summed E-state index contributed by atoms with van der Waals surface area (Å²) in [5, 5.41) is 2.45. The minimum absolute atomic E-state index is 0.0387. The van der Waals surface area contributed by atoms with E-state index < -0.39 is 17.6 Å². The Morgan fingerprint density at radius 1 is 1.38 bits per heavy atom. The van der Waals surface area contributed by atoms with Crippen molar-refractivity contribution in [2.45, 2.75) is 6.92 Å². The number of methoxy groups -OCH3 is 1. The molecule has 1 rings (SSSR count). The second-order valence-electron chi connectivity index (χ2n) is 3.08. The molecule has 0 fully saturated rings. The summed E-state index contributed by atoms with van der Waals surface area (Å²) >= 11 is 0. The number of ether oxygens (including phenoxy) is 1. The summed E-state index contributed by atoms with van der Waals surface area (Å²) in [7, 11) is 1.22. The zero-order chi connectivity index (χ0) is 12.1. The van der Waals surface area contributed by atoms with Crippen molar-refractivity contribution < 1.29 is 18.3 Å². The molecule has 0 atom stereocenters. The quantitative estimate of drug-likeness (QED) is 0.636. The van der Waals surface area contributed by atoms with Crippen molar-refractivity contribution >= 4 is 11.7 Å². The van der Waals surface area contributed by atoms with E-state index in [9.17, 15) is 13.6 Å². The van der Waals surface area contributed by atoms with Gasteiger partial charge in [-0.2, -0.15) is 0 Å². The summed E-state index contributed by atoms with van der Waals surface area (Å²) in [4.78, 5) is 10.7. The van der Waals surface area contributed by atoms with Crippen LogP contribution in [0.5, 0.6) is 0 Å². The SMILES string of the molecule is COC(=O)/C=C/Nc1cc(F)c(C)cc1F. The van der Waals surface area contributed by atoms with Gasteiger partial charge in [0.05, 0.1) is 12.8 Å². The van der Waals surface area contributed by atoms with Gasteiger partial charge in [-0.1, -0.05) is 0 Å². The molecule has 0 aromatic heterocycles. The first kappa shape index (κ1) is 12.2. The zero-order valence-electron chi connectivity index (χ0n) is 8.88. The Bertz CT molecular complexity index is 430. The Hall–Kier alpha value is -1.91. The number of hydrogen-bond acceptors (Lipinski definition) is 3. The third-order valence-electron chi connectivity index (χ3n) is 1.91. The van der Waals surface area contributed by atoms with Crippen LogP contribution < -0.4 is 5.32 Å². The van der Waals surface area contributed by atoms with Crippen molar-refractivity contribution in [3.05, 3.63) is 41.6 Å². The van der Waals surface area contributed by atoms with Crippen LogP contribution in [0.25, 0.3) is 0 Å². The van der Waals surface area contributed by atoms with Gasteiger partial charge in [0.25, 0.3) is 0 Å². The van der Waals surface area contributed by atoms with Crippen molar-refractivity contribution in [1.29, 1.82) is 0 Å². The second-order valence-corrected chi connectivity index (χ2v) is 3.08. The van der Waals surface area contributed by atoms with Crippen LogP contribution in [-0.2, 0) is 9.53 Å². The van der Waals surface area contributed by atoms with Gasteiger partial charge in [0.15, 0.2) is 0 Å². The Labute approximate surface area is 91.7 Å². The maximum atomic E-state index is 13.3. The number of halogens is 2. The molecule has 0 bridgehead atoms. The first-order valence-corrected chi connectivity index (χ1v) is 4.51. The molecule has 0 aliphatic rings. The first-order valence-electron chi connectivity index (χ1n) is 4.51. The number of hydrogen-bond donors (Lipinski definition) is 1. The van der Waals surface area contributed by atoms with E-state index in [2.05, 4.69) is 10.1 Å². The van der Waals surface area contributed by atoms with Gasteiger partial charge in [-0.15, -0.1) is 0 Å². The molecule has 0 unspecified atom stereocenters. The van der Waals surface area contributed by atoms with Crippen molar-refractivity contribution in [3.63, 3.8) is 0 Å². The molecular weight excluding hydrogens is 216 g/mol. The highest BCUT2D eigenvalue weighted by Gasteiger charge is 2.05. The van der Waals surface area contributed by atoms with Crippen molar-refractivity contribution in [3.8, 4) is 0 Å². The largest absolute Gasteiger partial charge is 0.466 e. The van der Waals surface area contributed by atoms with E-state index in [1.54, 1.807) is 0 Å². The van der Waals surface area contributed by atoms with Crippen LogP contribution in [0.4, 0.5) is 14.5 Å². The van der Waals surface area contributed by atoms with Gasteiger partial charge < -0.3 is 10.1 Å². The standard InChI is InChI=1S/C11H11F2NO2/c1-7-5-9(13)10(6-8(7)12)14-4-3-11(15)16-2/h3-6,14H,1-2H3/b4-3+. The van der Waals surface area contributed by atoms with Gasteiger partial charge in [-0.25, -0.2) is 13.6 Å². The number of esters is 1. The topological polar surface area (TPSA) is 38.3 Å². The summed E-state index contributed by atoms with van der Waals surface area (Å²) in [6.45, 7) is 1.46. The molecule has 3 nitrogen and oxygen atoms in total. The number of benzene rings is 1. The molecule has 0 heterocycles. The highest BCUT2D eigenvalue weighted by Crippen LogP contribution is 2.18. The average Bonchev–Trinajstić information content (AvgIpc) is 2.25. The highest BCUT2D eigenvalue weighted by molar-refractivity contribution is 5.82. The molecule has 5 heteroatoms. The molecule has 1 N–H and O–H groups in total. The second kappa shape index (κ2) is 5.25. The molecule has 0 radical (unpaired) electrons. The summed E-state index contributed by atoms with van der Waals surface area (Å²) in [6, 6.07) is 2.09. The molecule has 16 heavy (non-hydrogen) atoms. The van der Waals surface area contributed by atoms with Gasteiger partial charge in [0.2, 0.25) is 0 Å². The fourth-order valence-electron chi connectivity index (χ4n) is 1.02. The van der Waals surface area contributed by atoms with E-state index in [4.69, 9.17) is 0 Å². The van der Waals surface area contributed by atoms with Gasteiger partial charge in [0, 0.05) is 18.3 Å². The Balaban J connectivity index is 2.78. The lowest BCUT2D eigenvalue weighted by molar-refractivity contribution is -0.134.